The molecule has 1 unspecified atom stereocenters. The van der Waals surface area contributed by atoms with Crippen molar-refractivity contribution >= 4 is 11.7 Å². The van der Waals surface area contributed by atoms with Gasteiger partial charge in [-0.15, -0.1) is 0 Å². The standard InChI is InChI=1S/C25H34N2O4/c1-5-29-22-15-21(16-23(30-6-2)24(22)31-7-3)27-25(28)26-17(4)19-13-12-18-10-8-9-11-20(18)14-19/h12-17H,5-11H2,1-4H3,(H2,26,27,28). The Morgan fingerprint density at radius 2 is 1.52 bits per heavy atom. The minimum Gasteiger partial charge on any atom is -0.490 e. The third-order valence-corrected chi connectivity index (χ3v) is 5.39. The molecule has 31 heavy (non-hydrogen) atoms. The molecule has 6 heteroatoms. The molecule has 2 amide bonds. The van der Waals surface area contributed by atoms with Gasteiger partial charge >= 0.3 is 6.03 Å². The number of amides is 2. The van der Waals surface area contributed by atoms with Crippen LogP contribution in [0.25, 0.3) is 0 Å². The summed E-state index contributed by atoms with van der Waals surface area (Å²) in [6, 6.07) is 9.70. The highest BCUT2D eigenvalue weighted by Gasteiger charge is 2.18. The van der Waals surface area contributed by atoms with Crippen LogP contribution in [0.2, 0.25) is 0 Å². The fourth-order valence-electron chi connectivity index (χ4n) is 3.93. The van der Waals surface area contributed by atoms with Crippen molar-refractivity contribution in [3.63, 3.8) is 0 Å². The van der Waals surface area contributed by atoms with Crippen molar-refractivity contribution in [2.45, 2.75) is 59.4 Å². The maximum atomic E-state index is 12.7. The van der Waals surface area contributed by atoms with Gasteiger partial charge in [-0.2, -0.15) is 0 Å². The average Bonchev–Trinajstić information content (AvgIpc) is 2.76. The summed E-state index contributed by atoms with van der Waals surface area (Å²) in [4.78, 5) is 12.7. The maximum absolute atomic E-state index is 12.7. The molecule has 1 aliphatic rings. The highest BCUT2D eigenvalue weighted by atomic mass is 16.5. The summed E-state index contributed by atoms with van der Waals surface area (Å²) in [5.74, 6) is 1.65. The quantitative estimate of drug-likeness (QED) is 0.544. The van der Waals surface area contributed by atoms with E-state index in [4.69, 9.17) is 14.2 Å². The molecule has 6 nitrogen and oxygen atoms in total. The van der Waals surface area contributed by atoms with Gasteiger partial charge in [0.25, 0.3) is 0 Å². The van der Waals surface area contributed by atoms with Gasteiger partial charge in [0.05, 0.1) is 31.5 Å². The highest BCUT2D eigenvalue weighted by molar-refractivity contribution is 5.90. The Kier molecular flexibility index (Phi) is 8.04. The van der Waals surface area contributed by atoms with E-state index in [9.17, 15) is 4.79 Å². The van der Waals surface area contributed by atoms with E-state index in [2.05, 4.69) is 28.8 Å². The molecule has 0 saturated carbocycles. The molecule has 168 valence electrons. The third kappa shape index (κ3) is 5.84. The number of hydrogen-bond donors (Lipinski definition) is 2. The number of anilines is 1. The van der Waals surface area contributed by atoms with E-state index in [0.29, 0.717) is 42.8 Å². The Hall–Kier alpha value is -2.89. The molecule has 0 aliphatic heterocycles. The van der Waals surface area contributed by atoms with Crippen molar-refractivity contribution in [1.82, 2.24) is 5.32 Å². The van der Waals surface area contributed by atoms with Crippen LogP contribution >= 0.6 is 0 Å². The number of carbonyl (C=O) groups excluding carboxylic acids is 1. The SMILES string of the molecule is CCOc1cc(NC(=O)NC(C)c2ccc3c(c2)CCCC3)cc(OCC)c1OCC. The van der Waals surface area contributed by atoms with Crippen LogP contribution < -0.4 is 24.8 Å². The fourth-order valence-corrected chi connectivity index (χ4v) is 3.93. The molecule has 2 N–H and O–H groups in total. The van der Waals surface area contributed by atoms with Crippen LogP contribution in [-0.2, 0) is 12.8 Å². The number of hydrogen-bond acceptors (Lipinski definition) is 4. The van der Waals surface area contributed by atoms with E-state index in [1.807, 2.05) is 27.7 Å². The Labute approximate surface area is 185 Å². The third-order valence-electron chi connectivity index (χ3n) is 5.39. The first kappa shape index (κ1) is 22.8. The van der Waals surface area contributed by atoms with E-state index in [0.717, 1.165) is 18.4 Å². The lowest BCUT2D eigenvalue weighted by Gasteiger charge is -2.21. The van der Waals surface area contributed by atoms with Gasteiger partial charge < -0.3 is 24.8 Å². The first-order valence-electron chi connectivity index (χ1n) is 11.3. The lowest BCUT2D eigenvalue weighted by Crippen LogP contribution is -2.31. The smallest absolute Gasteiger partial charge is 0.319 e. The van der Waals surface area contributed by atoms with E-state index in [1.165, 1.54) is 24.0 Å². The summed E-state index contributed by atoms with van der Waals surface area (Å²) in [7, 11) is 0. The van der Waals surface area contributed by atoms with Gasteiger partial charge in [0.1, 0.15) is 0 Å². The van der Waals surface area contributed by atoms with Crippen LogP contribution in [0, 0.1) is 0 Å². The predicted molar refractivity (Wildman–Crippen MR) is 124 cm³/mol. The van der Waals surface area contributed by atoms with E-state index in [1.54, 1.807) is 12.1 Å². The number of benzene rings is 2. The van der Waals surface area contributed by atoms with Gasteiger partial charge in [-0.3, -0.25) is 0 Å². The van der Waals surface area contributed by atoms with Crippen molar-refractivity contribution in [3.05, 3.63) is 47.0 Å². The molecule has 0 spiro atoms. The highest BCUT2D eigenvalue weighted by Crippen LogP contribution is 2.40. The van der Waals surface area contributed by atoms with Crippen LogP contribution in [0.5, 0.6) is 17.2 Å². The Bertz CT molecular complexity index is 870. The number of aryl methyl sites for hydroxylation is 2. The largest absolute Gasteiger partial charge is 0.490 e. The summed E-state index contributed by atoms with van der Waals surface area (Å²) in [5.41, 5.74) is 4.55. The summed E-state index contributed by atoms with van der Waals surface area (Å²) in [6.07, 6.45) is 4.77. The van der Waals surface area contributed by atoms with Crippen LogP contribution in [0.15, 0.2) is 30.3 Å². The number of ether oxygens (including phenoxy) is 3. The Morgan fingerprint density at radius 1 is 0.903 bits per heavy atom. The van der Waals surface area contributed by atoms with Gasteiger partial charge in [-0.25, -0.2) is 4.79 Å². The summed E-state index contributed by atoms with van der Waals surface area (Å²) in [6.45, 7) is 9.18. The van der Waals surface area contributed by atoms with Gasteiger partial charge in [-0.1, -0.05) is 18.2 Å². The molecule has 0 bridgehead atoms. The molecule has 1 aliphatic carbocycles. The zero-order valence-electron chi connectivity index (χ0n) is 19.0. The van der Waals surface area contributed by atoms with Crippen molar-refractivity contribution in [2.75, 3.05) is 25.1 Å². The molecular weight excluding hydrogens is 392 g/mol. The number of carbonyl (C=O) groups is 1. The summed E-state index contributed by atoms with van der Waals surface area (Å²) >= 11 is 0. The van der Waals surface area contributed by atoms with Crippen molar-refractivity contribution in [2.24, 2.45) is 0 Å². The maximum Gasteiger partial charge on any atom is 0.319 e. The number of rotatable bonds is 9. The van der Waals surface area contributed by atoms with E-state index >= 15 is 0 Å². The van der Waals surface area contributed by atoms with Crippen LogP contribution in [0.4, 0.5) is 10.5 Å². The van der Waals surface area contributed by atoms with E-state index < -0.39 is 0 Å². The second kappa shape index (κ2) is 10.9. The second-order valence-electron chi connectivity index (χ2n) is 7.66. The second-order valence-corrected chi connectivity index (χ2v) is 7.66. The van der Waals surface area contributed by atoms with Gasteiger partial charge in [0.15, 0.2) is 11.5 Å². The zero-order valence-corrected chi connectivity index (χ0v) is 19.0. The summed E-state index contributed by atoms with van der Waals surface area (Å²) < 4.78 is 17.2. The molecule has 1 atom stereocenters. The summed E-state index contributed by atoms with van der Waals surface area (Å²) in [5, 5.41) is 5.94. The van der Waals surface area contributed by atoms with Gasteiger partial charge in [0, 0.05) is 12.1 Å². The minimum atomic E-state index is -0.278. The van der Waals surface area contributed by atoms with Gasteiger partial charge in [0.2, 0.25) is 5.75 Å². The molecule has 0 aromatic heterocycles. The monoisotopic (exact) mass is 426 g/mol. The zero-order chi connectivity index (χ0) is 22.2. The van der Waals surface area contributed by atoms with Crippen LogP contribution in [0.1, 0.15) is 63.3 Å². The Morgan fingerprint density at radius 3 is 2.13 bits per heavy atom. The number of nitrogens with one attached hydrogen (secondary N) is 2. The van der Waals surface area contributed by atoms with Crippen molar-refractivity contribution in [3.8, 4) is 17.2 Å². The molecule has 2 aromatic rings. The van der Waals surface area contributed by atoms with Crippen LogP contribution in [0.3, 0.4) is 0 Å². The average molecular weight is 427 g/mol. The normalized spacial score (nSPS) is 13.7. The molecule has 0 radical (unpaired) electrons. The van der Waals surface area contributed by atoms with Crippen molar-refractivity contribution in [1.29, 1.82) is 0 Å². The topological polar surface area (TPSA) is 68.8 Å². The molecule has 0 heterocycles. The fraction of sp³-hybridized carbons (Fsp3) is 0.480. The molecule has 0 fully saturated rings. The molecular formula is C25H34N2O4. The van der Waals surface area contributed by atoms with Crippen molar-refractivity contribution < 1.29 is 19.0 Å². The Balaban J connectivity index is 1.73. The number of fused-ring (bicyclic) bond motifs is 1. The molecule has 3 rings (SSSR count). The van der Waals surface area contributed by atoms with Gasteiger partial charge in [-0.05, 0) is 70.1 Å². The number of urea groups is 1. The first-order valence-corrected chi connectivity index (χ1v) is 11.3. The molecule has 0 saturated heterocycles. The lowest BCUT2D eigenvalue weighted by molar-refractivity contribution is 0.249. The van der Waals surface area contributed by atoms with Crippen LogP contribution in [-0.4, -0.2) is 25.9 Å². The lowest BCUT2D eigenvalue weighted by atomic mass is 9.89. The molecule has 2 aromatic carbocycles. The minimum absolute atomic E-state index is 0.104. The van der Waals surface area contributed by atoms with E-state index in [-0.39, 0.29) is 12.1 Å². The predicted octanol–water partition coefficient (Wildman–Crippen LogP) is 5.64. The first-order chi connectivity index (χ1) is 15.0.